The van der Waals surface area contributed by atoms with Gasteiger partial charge in [0.05, 0.1) is 5.52 Å². The van der Waals surface area contributed by atoms with Crippen LogP contribution in [0, 0.1) is 5.92 Å². The normalized spacial score (nSPS) is 16.2. The SMILES string of the molecule is C[C@H](NC(=O)NCc1ccnc2ccccc12)C1CCC1. The van der Waals surface area contributed by atoms with Crippen LogP contribution in [-0.2, 0) is 6.54 Å². The Morgan fingerprint density at radius 2 is 2.14 bits per heavy atom. The number of carbonyl (C=O) groups is 1. The molecule has 21 heavy (non-hydrogen) atoms. The molecule has 1 atom stereocenters. The smallest absolute Gasteiger partial charge is 0.315 e. The number of nitrogens with zero attached hydrogens (tertiary/aromatic N) is 1. The average Bonchev–Trinajstić information content (AvgIpc) is 2.43. The number of hydrogen-bond donors (Lipinski definition) is 2. The third kappa shape index (κ3) is 3.15. The fourth-order valence-corrected chi connectivity index (χ4v) is 2.80. The number of benzene rings is 1. The van der Waals surface area contributed by atoms with E-state index in [1.54, 1.807) is 6.20 Å². The van der Waals surface area contributed by atoms with E-state index in [0.29, 0.717) is 12.5 Å². The molecular formula is C17H21N3O. The molecule has 0 radical (unpaired) electrons. The summed E-state index contributed by atoms with van der Waals surface area (Å²) in [5, 5.41) is 7.07. The van der Waals surface area contributed by atoms with Crippen LogP contribution in [0.1, 0.15) is 31.7 Å². The third-order valence-corrected chi connectivity index (χ3v) is 4.39. The molecular weight excluding hydrogens is 262 g/mol. The summed E-state index contributed by atoms with van der Waals surface area (Å²) in [5.41, 5.74) is 2.05. The van der Waals surface area contributed by atoms with Gasteiger partial charge in [-0.05, 0) is 43.4 Å². The van der Waals surface area contributed by atoms with E-state index in [4.69, 9.17) is 0 Å². The van der Waals surface area contributed by atoms with E-state index in [9.17, 15) is 4.79 Å². The molecule has 1 fully saturated rings. The van der Waals surface area contributed by atoms with Crippen LogP contribution < -0.4 is 10.6 Å². The summed E-state index contributed by atoms with van der Waals surface area (Å²) in [5.74, 6) is 0.650. The second kappa shape index (κ2) is 6.12. The first-order chi connectivity index (χ1) is 10.2. The largest absolute Gasteiger partial charge is 0.335 e. The van der Waals surface area contributed by atoms with Crippen molar-refractivity contribution in [2.75, 3.05) is 0 Å². The molecule has 110 valence electrons. The van der Waals surface area contributed by atoms with Gasteiger partial charge in [-0.2, -0.15) is 0 Å². The number of para-hydroxylation sites is 1. The lowest BCUT2D eigenvalue weighted by atomic mass is 9.80. The summed E-state index contributed by atoms with van der Waals surface area (Å²) in [4.78, 5) is 16.3. The molecule has 0 unspecified atom stereocenters. The van der Waals surface area contributed by atoms with Crippen LogP contribution in [0.4, 0.5) is 4.79 Å². The van der Waals surface area contributed by atoms with Crippen LogP contribution in [0.3, 0.4) is 0 Å². The third-order valence-electron chi connectivity index (χ3n) is 4.39. The lowest BCUT2D eigenvalue weighted by molar-refractivity contribution is 0.213. The van der Waals surface area contributed by atoms with E-state index in [1.807, 2.05) is 30.3 Å². The molecule has 0 bridgehead atoms. The molecule has 1 aliphatic carbocycles. The summed E-state index contributed by atoms with van der Waals surface area (Å²) in [6.45, 7) is 2.61. The van der Waals surface area contributed by atoms with Crippen molar-refractivity contribution in [3.8, 4) is 0 Å². The maximum absolute atomic E-state index is 12.0. The van der Waals surface area contributed by atoms with Gasteiger partial charge < -0.3 is 10.6 Å². The molecule has 1 aliphatic rings. The van der Waals surface area contributed by atoms with Crippen molar-refractivity contribution in [3.05, 3.63) is 42.1 Å². The molecule has 2 amide bonds. The van der Waals surface area contributed by atoms with Crippen molar-refractivity contribution in [1.82, 2.24) is 15.6 Å². The minimum atomic E-state index is -0.0877. The second-order valence-corrected chi connectivity index (χ2v) is 5.79. The van der Waals surface area contributed by atoms with Gasteiger partial charge >= 0.3 is 6.03 Å². The van der Waals surface area contributed by atoms with E-state index < -0.39 is 0 Å². The molecule has 2 N–H and O–H groups in total. The summed E-state index contributed by atoms with van der Waals surface area (Å²) in [7, 11) is 0. The predicted octanol–water partition coefficient (Wildman–Crippen LogP) is 3.22. The summed E-state index contributed by atoms with van der Waals surface area (Å²) in [6, 6.07) is 10.1. The van der Waals surface area contributed by atoms with E-state index in [0.717, 1.165) is 16.5 Å². The number of aromatic nitrogens is 1. The van der Waals surface area contributed by atoms with Crippen molar-refractivity contribution >= 4 is 16.9 Å². The molecule has 0 spiro atoms. The van der Waals surface area contributed by atoms with Gasteiger partial charge in [0.25, 0.3) is 0 Å². The highest BCUT2D eigenvalue weighted by Crippen LogP contribution is 2.29. The van der Waals surface area contributed by atoms with Gasteiger partial charge in [-0.25, -0.2) is 4.79 Å². The standard InChI is InChI=1S/C17H21N3O/c1-12(13-5-4-6-13)20-17(21)19-11-14-9-10-18-16-8-3-2-7-15(14)16/h2-3,7-10,12-13H,4-6,11H2,1H3,(H2,19,20,21)/t12-/m0/s1. The van der Waals surface area contributed by atoms with E-state index in [2.05, 4.69) is 22.5 Å². The Hall–Kier alpha value is -2.10. The first-order valence-corrected chi connectivity index (χ1v) is 7.61. The van der Waals surface area contributed by atoms with Gasteiger partial charge in [0, 0.05) is 24.2 Å². The lowest BCUT2D eigenvalue weighted by Gasteiger charge is -2.31. The molecule has 3 rings (SSSR count). The molecule has 0 aliphatic heterocycles. The maximum atomic E-state index is 12.0. The topological polar surface area (TPSA) is 54.0 Å². The van der Waals surface area contributed by atoms with Crippen molar-refractivity contribution < 1.29 is 4.79 Å². The fourth-order valence-electron chi connectivity index (χ4n) is 2.80. The number of fused-ring (bicyclic) bond motifs is 1. The molecule has 4 nitrogen and oxygen atoms in total. The van der Waals surface area contributed by atoms with Gasteiger partial charge in [0.2, 0.25) is 0 Å². The highest BCUT2D eigenvalue weighted by atomic mass is 16.2. The number of carbonyl (C=O) groups excluding carboxylic acids is 1. The Kier molecular flexibility index (Phi) is 4.04. The number of rotatable bonds is 4. The average molecular weight is 283 g/mol. The Morgan fingerprint density at radius 3 is 2.90 bits per heavy atom. The molecule has 2 aromatic rings. The van der Waals surface area contributed by atoms with Gasteiger partial charge in [-0.3, -0.25) is 4.98 Å². The number of pyridine rings is 1. The Morgan fingerprint density at radius 1 is 1.33 bits per heavy atom. The monoisotopic (exact) mass is 283 g/mol. The highest BCUT2D eigenvalue weighted by Gasteiger charge is 2.24. The molecule has 0 saturated heterocycles. The molecule has 1 aromatic carbocycles. The van der Waals surface area contributed by atoms with Crippen molar-refractivity contribution in [3.63, 3.8) is 0 Å². The minimum absolute atomic E-state index is 0.0877. The minimum Gasteiger partial charge on any atom is -0.335 e. The molecule has 1 aromatic heterocycles. The number of amides is 2. The zero-order valence-corrected chi connectivity index (χ0v) is 12.3. The van der Waals surface area contributed by atoms with Crippen molar-refractivity contribution in [2.24, 2.45) is 5.92 Å². The Labute approximate surface area is 125 Å². The Bertz CT molecular complexity index is 631. The molecule has 4 heteroatoms. The number of hydrogen-bond acceptors (Lipinski definition) is 2. The summed E-state index contributed by atoms with van der Waals surface area (Å²) in [6.07, 6.45) is 5.54. The fraction of sp³-hybridized carbons (Fsp3) is 0.412. The Balaban J connectivity index is 1.59. The van der Waals surface area contributed by atoms with E-state index >= 15 is 0 Å². The van der Waals surface area contributed by atoms with Crippen LogP contribution in [0.5, 0.6) is 0 Å². The summed E-state index contributed by atoms with van der Waals surface area (Å²) < 4.78 is 0. The van der Waals surface area contributed by atoms with Gasteiger partial charge in [-0.1, -0.05) is 24.6 Å². The molecule has 1 saturated carbocycles. The van der Waals surface area contributed by atoms with Crippen molar-refractivity contribution in [1.29, 1.82) is 0 Å². The van der Waals surface area contributed by atoms with Crippen LogP contribution in [0.15, 0.2) is 36.5 Å². The van der Waals surface area contributed by atoms with Crippen LogP contribution in [0.25, 0.3) is 10.9 Å². The van der Waals surface area contributed by atoms with Crippen molar-refractivity contribution in [2.45, 2.75) is 38.8 Å². The van der Waals surface area contributed by atoms with Crippen LogP contribution in [0.2, 0.25) is 0 Å². The first-order valence-electron chi connectivity index (χ1n) is 7.61. The number of urea groups is 1. The zero-order chi connectivity index (χ0) is 14.7. The summed E-state index contributed by atoms with van der Waals surface area (Å²) >= 11 is 0. The zero-order valence-electron chi connectivity index (χ0n) is 12.3. The predicted molar refractivity (Wildman–Crippen MR) is 83.9 cm³/mol. The van der Waals surface area contributed by atoms with Gasteiger partial charge in [0.15, 0.2) is 0 Å². The maximum Gasteiger partial charge on any atom is 0.315 e. The van der Waals surface area contributed by atoms with Crippen LogP contribution in [-0.4, -0.2) is 17.1 Å². The number of nitrogens with one attached hydrogen (secondary N) is 2. The molecule has 1 heterocycles. The highest BCUT2D eigenvalue weighted by molar-refractivity contribution is 5.82. The van der Waals surface area contributed by atoms with Crippen LogP contribution >= 0.6 is 0 Å². The lowest BCUT2D eigenvalue weighted by Crippen LogP contribution is -2.45. The van der Waals surface area contributed by atoms with E-state index in [-0.39, 0.29) is 12.1 Å². The second-order valence-electron chi connectivity index (χ2n) is 5.79. The van der Waals surface area contributed by atoms with Gasteiger partial charge in [-0.15, -0.1) is 0 Å². The van der Waals surface area contributed by atoms with Gasteiger partial charge in [0.1, 0.15) is 0 Å². The van der Waals surface area contributed by atoms with E-state index in [1.165, 1.54) is 19.3 Å². The first kappa shape index (κ1) is 13.9. The quantitative estimate of drug-likeness (QED) is 0.905.